The number of aliphatic imine (C=N–C) groups is 1. The third-order valence-electron chi connectivity index (χ3n) is 5.22. The van der Waals surface area contributed by atoms with Gasteiger partial charge in [-0.3, -0.25) is 4.99 Å². The first kappa shape index (κ1) is 20.0. The van der Waals surface area contributed by atoms with Gasteiger partial charge in [0.15, 0.2) is 5.96 Å². The van der Waals surface area contributed by atoms with Crippen molar-refractivity contribution in [2.75, 3.05) is 33.3 Å². The maximum Gasteiger partial charge on any atom is 0.193 e. The summed E-state index contributed by atoms with van der Waals surface area (Å²) in [6, 6.07) is 0. The van der Waals surface area contributed by atoms with Gasteiger partial charge in [-0.05, 0) is 37.5 Å². The fraction of sp³-hybridized carbons (Fsp3) is 0.941. The fourth-order valence-electron chi connectivity index (χ4n) is 3.87. The van der Waals surface area contributed by atoms with E-state index < -0.39 is 0 Å². The van der Waals surface area contributed by atoms with Crippen LogP contribution < -0.4 is 5.32 Å². The molecule has 0 aromatic rings. The number of nitrogens with one attached hydrogen (secondary N) is 1. The molecule has 0 aromatic carbocycles. The number of rotatable bonds is 6. The van der Waals surface area contributed by atoms with Crippen molar-refractivity contribution in [2.24, 2.45) is 16.8 Å². The van der Waals surface area contributed by atoms with Gasteiger partial charge in [-0.1, -0.05) is 26.7 Å². The minimum atomic E-state index is 0. The summed E-state index contributed by atoms with van der Waals surface area (Å²) in [5.74, 6) is 2.80. The Balaban J connectivity index is 0.00000242. The minimum absolute atomic E-state index is 0. The highest BCUT2D eigenvalue weighted by Crippen LogP contribution is 2.28. The van der Waals surface area contributed by atoms with Crippen LogP contribution in [0, 0.1) is 11.8 Å². The summed E-state index contributed by atoms with van der Waals surface area (Å²) in [5, 5.41) is 3.53. The molecule has 2 aliphatic heterocycles. The maximum absolute atomic E-state index is 5.68. The Morgan fingerprint density at radius 2 is 2.09 bits per heavy atom. The van der Waals surface area contributed by atoms with Gasteiger partial charge in [0.2, 0.25) is 0 Å². The Kier molecular flexibility index (Phi) is 9.71. The smallest absolute Gasteiger partial charge is 0.193 e. The maximum atomic E-state index is 5.68. The van der Waals surface area contributed by atoms with E-state index in [0.29, 0.717) is 6.10 Å². The molecule has 2 heterocycles. The van der Waals surface area contributed by atoms with E-state index in [-0.39, 0.29) is 24.0 Å². The Morgan fingerprint density at radius 3 is 2.68 bits per heavy atom. The van der Waals surface area contributed by atoms with Crippen LogP contribution in [0.4, 0.5) is 0 Å². The summed E-state index contributed by atoms with van der Waals surface area (Å²) < 4.78 is 5.68. The second-order valence-electron chi connectivity index (χ2n) is 6.47. The van der Waals surface area contributed by atoms with Gasteiger partial charge in [-0.15, -0.1) is 24.0 Å². The van der Waals surface area contributed by atoms with E-state index >= 15 is 0 Å². The van der Waals surface area contributed by atoms with Gasteiger partial charge in [-0.2, -0.15) is 0 Å². The second kappa shape index (κ2) is 10.7. The second-order valence-corrected chi connectivity index (χ2v) is 6.47. The molecule has 22 heavy (non-hydrogen) atoms. The Morgan fingerprint density at radius 1 is 1.32 bits per heavy atom. The number of ether oxygens (including phenoxy) is 1. The molecular weight excluding hydrogens is 389 g/mol. The number of guanidine groups is 1. The van der Waals surface area contributed by atoms with E-state index in [1.807, 2.05) is 7.05 Å². The zero-order valence-electron chi connectivity index (χ0n) is 14.5. The molecule has 2 rings (SSSR count). The van der Waals surface area contributed by atoms with E-state index in [1.54, 1.807) is 0 Å². The van der Waals surface area contributed by atoms with Crippen molar-refractivity contribution < 1.29 is 4.74 Å². The molecule has 1 N–H and O–H groups in total. The average Bonchev–Trinajstić information content (AvgIpc) is 3.17. The number of likely N-dealkylation sites (tertiary alicyclic amines) is 1. The largest absolute Gasteiger partial charge is 0.378 e. The number of hydrogen-bond donors (Lipinski definition) is 1. The van der Waals surface area contributed by atoms with Gasteiger partial charge in [-0.25, -0.2) is 0 Å². The van der Waals surface area contributed by atoms with Crippen LogP contribution in [-0.2, 0) is 4.74 Å². The van der Waals surface area contributed by atoms with Crippen molar-refractivity contribution in [3.8, 4) is 0 Å². The summed E-state index contributed by atoms with van der Waals surface area (Å²) in [7, 11) is 1.90. The molecule has 0 spiro atoms. The lowest BCUT2D eigenvalue weighted by atomic mass is 9.87. The van der Waals surface area contributed by atoms with E-state index in [2.05, 4.69) is 29.1 Å². The van der Waals surface area contributed by atoms with Crippen molar-refractivity contribution in [1.29, 1.82) is 0 Å². The molecular formula is C17H34IN3O. The standard InChI is InChI=1S/C17H33N3O.HI/c1-4-14(5-2)15-9-11-20(13-15)17(18-3)19-10-8-16-7-6-12-21-16;/h14-16H,4-13H2,1-3H3,(H,18,19);1H. The monoisotopic (exact) mass is 423 g/mol. The number of hydrogen-bond acceptors (Lipinski definition) is 2. The van der Waals surface area contributed by atoms with Crippen molar-refractivity contribution in [2.45, 2.75) is 58.5 Å². The number of halogens is 1. The fourth-order valence-corrected chi connectivity index (χ4v) is 3.87. The Hall–Kier alpha value is -0.0400. The van der Waals surface area contributed by atoms with E-state index in [4.69, 9.17) is 4.74 Å². The quantitative estimate of drug-likeness (QED) is 0.404. The first-order valence-electron chi connectivity index (χ1n) is 8.85. The first-order chi connectivity index (χ1) is 10.3. The molecule has 2 unspecified atom stereocenters. The van der Waals surface area contributed by atoms with Crippen LogP contribution in [0.5, 0.6) is 0 Å². The molecule has 0 aliphatic carbocycles. The molecule has 5 heteroatoms. The summed E-state index contributed by atoms with van der Waals surface area (Å²) in [5.41, 5.74) is 0. The van der Waals surface area contributed by atoms with Crippen molar-refractivity contribution in [3.63, 3.8) is 0 Å². The normalized spacial score (nSPS) is 25.6. The van der Waals surface area contributed by atoms with Crippen LogP contribution in [0.1, 0.15) is 52.4 Å². The van der Waals surface area contributed by atoms with Crippen molar-refractivity contribution in [1.82, 2.24) is 10.2 Å². The van der Waals surface area contributed by atoms with Gasteiger partial charge in [0.05, 0.1) is 6.10 Å². The number of nitrogens with zero attached hydrogens (tertiary/aromatic N) is 2. The highest BCUT2D eigenvalue weighted by Gasteiger charge is 2.29. The third-order valence-corrected chi connectivity index (χ3v) is 5.22. The summed E-state index contributed by atoms with van der Waals surface area (Å²) >= 11 is 0. The van der Waals surface area contributed by atoms with Crippen LogP contribution in [0.25, 0.3) is 0 Å². The van der Waals surface area contributed by atoms with Crippen LogP contribution in [0.3, 0.4) is 0 Å². The molecule has 2 atom stereocenters. The van der Waals surface area contributed by atoms with Crippen LogP contribution in [-0.4, -0.2) is 50.3 Å². The van der Waals surface area contributed by atoms with Crippen LogP contribution in [0.15, 0.2) is 4.99 Å². The molecule has 4 nitrogen and oxygen atoms in total. The highest BCUT2D eigenvalue weighted by atomic mass is 127. The lowest BCUT2D eigenvalue weighted by Gasteiger charge is -2.24. The van der Waals surface area contributed by atoms with Gasteiger partial charge in [0, 0.05) is 33.3 Å². The molecule has 2 aliphatic rings. The van der Waals surface area contributed by atoms with Crippen molar-refractivity contribution in [3.05, 3.63) is 0 Å². The van der Waals surface area contributed by atoms with E-state index in [1.165, 1.54) is 38.6 Å². The Bertz CT molecular complexity index is 328. The SMILES string of the molecule is CCC(CC)C1CCN(C(=NC)NCCC2CCCO2)C1.I. The Labute approximate surface area is 153 Å². The average molecular weight is 423 g/mol. The third kappa shape index (κ3) is 5.55. The molecule has 0 bridgehead atoms. The predicted octanol–water partition coefficient (Wildman–Crippen LogP) is 3.51. The zero-order chi connectivity index (χ0) is 15.1. The lowest BCUT2D eigenvalue weighted by molar-refractivity contribution is 0.105. The molecule has 130 valence electrons. The van der Waals surface area contributed by atoms with Crippen LogP contribution >= 0.6 is 24.0 Å². The molecule has 2 saturated heterocycles. The van der Waals surface area contributed by atoms with Crippen LogP contribution in [0.2, 0.25) is 0 Å². The van der Waals surface area contributed by atoms with Gasteiger partial charge in [0.1, 0.15) is 0 Å². The van der Waals surface area contributed by atoms with Gasteiger partial charge >= 0.3 is 0 Å². The van der Waals surface area contributed by atoms with E-state index in [0.717, 1.165) is 43.9 Å². The molecule has 0 radical (unpaired) electrons. The lowest BCUT2D eigenvalue weighted by Crippen LogP contribution is -2.41. The minimum Gasteiger partial charge on any atom is -0.378 e. The van der Waals surface area contributed by atoms with Gasteiger partial charge < -0.3 is 15.0 Å². The summed E-state index contributed by atoms with van der Waals surface area (Å²) in [4.78, 5) is 6.91. The molecule has 2 fully saturated rings. The van der Waals surface area contributed by atoms with E-state index in [9.17, 15) is 0 Å². The summed E-state index contributed by atoms with van der Waals surface area (Å²) in [6.45, 7) is 8.90. The first-order valence-corrected chi connectivity index (χ1v) is 8.85. The van der Waals surface area contributed by atoms with Gasteiger partial charge in [0.25, 0.3) is 0 Å². The molecule has 0 saturated carbocycles. The zero-order valence-corrected chi connectivity index (χ0v) is 16.8. The highest BCUT2D eigenvalue weighted by molar-refractivity contribution is 14.0. The predicted molar refractivity (Wildman–Crippen MR) is 104 cm³/mol. The molecule has 0 amide bonds. The van der Waals surface area contributed by atoms with Crippen molar-refractivity contribution >= 4 is 29.9 Å². The topological polar surface area (TPSA) is 36.9 Å². The molecule has 0 aromatic heterocycles. The summed E-state index contributed by atoms with van der Waals surface area (Å²) in [6.07, 6.45) is 7.94.